The Morgan fingerprint density at radius 2 is 2.33 bits per heavy atom. The first-order valence-corrected chi connectivity index (χ1v) is 5.28. The molecule has 5 nitrogen and oxygen atoms in total. The molecule has 1 saturated heterocycles. The SMILES string of the molecule is COC1OC1C12CCCC1(O)C(C)=NO2. The Bertz CT molecular complexity index is 331. The van der Waals surface area contributed by atoms with Crippen molar-refractivity contribution >= 4 is 5.71 Å². The highest BCUT2D eigenvalue weighted by molar-refractivity contribution is 5.93. The van der Waals surface area contributed by atoms with E-state index in [-0.39, 0.29) is 12.4 Å². The summed E-state index contributed by atoms with van der Waals surface area (Å²) in [6.07, 6.45) is 1.96. The molecule has 0 aromatic heterocycles. The minimum absolute atomic E-state index is 0.184. The number of nitrogens with zero attached hydrogens (tertiary/aromatic N) is 1. The lowest BCUT2D eigenvalue weighted by atomic mass is 9.81. The summed E-state index contributed by atoms with van der Waals surface area (Å²) in [4.78, 5) is 5.47. The van der Waals surface area contributed by atoms with Crippen LogP contribution < -0.4 is 0 Å². The van der Waals surface area contributed by atoms with Gasteiger partial charge in [-0.2, -0.15) is 0 Å². The molecule has 1 aliphatic carbocycles. The third kappa shape index (κ3) is 0.959. The van der Waals surface area contributed by atoms with Gasteiger partial charge in [0.05, 0.1) is 5.71 Å². The molecule has 0 amide bonds. The Morgan fingerprint density at radius 1 is 1.53 bits per heavy atom. The normalized spacial score (nSPS) is 52.3. The summed E-state index contributed by atoms with van der Waals surface area (Å²) in [7, 11) is 1.60. The average molecular weight is 213 g/mol. The van der Waals surface area contributed by atoms with E-state index in [1.165, 1.54) is 0 Å². The van der Waals surface area contributed by atoms with Crippen LogP contribution >= 0.6 is 0 Å². The molecule has 1 saturated carbocycles. The molecule has 4 atom stereocenters. The lowest BCUT2D eigenvalue weighted by Crippen LogP contribution is -2.55. The molecule has 3 aliphatic rings. The maximum atomic E-state index is 10.6. The summed E-state index contributed by atoms with van der Waals surface area (Å²) in [6, 6.07) is 0. The molecule has 0 aromatic rings. The second-order valence-corrected chi connectivity index (χ2v) is 4.53. The highest BCUT2D eigenvalue weighted by Crippen LogP contribution is 2.54. The highest BCUT2D eigenvalue weighted by Gasteiger charge is 2.73. The third-order valence-electron chi connectivity index (χ3n) is 3.87. The van der Waals surface area contributed by atoms with Gasteiger partial charge in [0, 0.05) is 7.11 Å². The zero-order valence-corrected chi connectivity index (χ0v) is 8.90. The Morgan fingerprint density at radius 3 is 3.00 bits per heavy atom. The van der Waals surface area contributed by atoms with Gasteiger partial charge >= 0.3 is 0 Å². The van der Waals surface area contributed by atoms with Gasteiger partial charge in [0.1, 0.15) is 0 Å². The predicted octanol–water partition coefficient (Wildman–Crippen LogP) is 0.418. The zero-order chi connectivity index (χ0) is 10.7. The van der Waals surface area contributed by atoms with Gasteiger partial charge in [0.25, 0.3) is 0 Å². The van der Waals surface area contributed by atoms with Gasteiger partial charge in [-0.25, -0.2) is 0 Å². The molecule has 0 bridgehead atoms. The number of rotatable bonds is 2. The van der Waals surface area contributed by atoms with Crippen LogP contribution in [0.5, 0.6) is 0 Å². The molecule has 0 aromatic carbocycles. The van der Waals surface area contributed by atoms with Crippen molar-refractivity contribution in [3.63, 3.8) is 0 Å². The molecule has 2 fully saturated rings. The third-order valence-corrected chi connectivity index (χ3v) is 3.87. The highest BCUT2D eigenvalue weighted by atomic mass is 16.8. The van der Waals surface area contributed by atoms with Crippen molar-refractivity contribution in [2.24, 2.45) is 5.16 Å². The summed E-state index contributed by atoms with van der Waals surface area (Å²) in [5.74, 6) is 0. The van der Waals surface area contributed by atoms with Crippen LogP contribution in [0.15, 0.2) is 5.16 Å². The number of aliphatic hydroxyl groups is 1. The van der Waals surface area contributed by atoms with Crippen LogP contribution in [0.3, 0.4) is 0 Å². The van der Waals surface area contributed by atoms with Gasteiger partial charge in [0.2, 0.25) is 5.60 Å². The smallest absolute Gasteiger partial charge is 0.202 e. The quantitative estimate of drug-likeness (QED) is 0.675. The predicted molar refractivity (Wildman–Crippen MR) is 51.4 cm³/mol. The van der Waals surface area contributed by atoms with Crippen LogP contribution in [0.1, 0.15) is 26.2 Å². The van der Waals surface area contributed by atoms with Crippen molar-refractivity contribution < 1.29 is 19.4 Å². The minimum Gasteiger partial charge on any atom is -0.383 e. The molecule has 2 heterocycles. The van der Waals surface area contributed by atoms with Crippen LogP contribution in [0.2, 0.25) is 0 Å². The molecule has 2 aliphatic heterocycles. The fourth-order valence-corrected chi connectivity index (χ4v) is 2.90. The Balaban J connectivity index is 1.93. The molecular formula is C10H15NO4. The van der Waals surface area contributed by atoms with E-state index in [4.69, 9.17) is 14.3 Å². The van der Waals surface area contributed by atoms with Gasteiger partial charge in [-0.1, -0.05) is 5.16 Å². The molecular weight excluding hydrogens is 198 g/mol. The lowest BCUT2D eigenvalue weighted by Gasteiger charge is -2.32. The molecule has 15 heavy (non-hydrogen) atoms. The fraction of sp³-hybridized carbons (Fsp3) is 0.900. The maximum absolute atomic E-state index is 10.6. The van der Waals surface area contributed by atoms with E-state index in [9.17, 15) is 5.11 Å². The second-order valence-electron chi connectivity index (χ2n) is 4.53. The van der Waals surface area contributed by atoms with E-state index >= 15 is 0 Å². The van der Waals surface area contributed by atoms with Crippen LogP contribution in [0.25, 0.3) is 0 Å². The standard InChI is InChI=1S/C10H15NO4/c1-6-9(12)4-3-5-10(9,15-11-6)7-8(13-2)14-7/h7-8,12H,3-5H2,1-2H3. The summed E-state index contributed by atoms with van der Waals surface area (Å²) in [5.41, 5.74) is -0.992. The molecule has 1 N–H and O–H groups in total. The first-order valence-electron chi connectivity index (χ1n) is 5.28. The number of ether oxygens (including phenoxy) is 2. The van der Waals surface area contributed by atoms with Crippen LogP contribution in [-0.2, 0) is 14.3 Å². The first-order chi connectivity index (χ1) is 7.14. The van der Waals surface area contributed by atoms with Crippen molar-refractivity contribution in [2.75, 3.05) is 7.11 Å². The number of methoxy groups -OCH3 is 1. The lowest BCUT2D eigenvalue weighted by molar-refractivity contribution is -0.122. The topological polar surface area (TPSA) is 63.6 Å². The van der Waals surface area contributed by atoms with E-state index in [2.05, 4.69) is 5.16 Å². The molecule has 3 rings (SSSR count). The van der Waals surface area contributed by atoms with Crippen molar-refractivity contribution in [3.05, 3.63) is 0 Å². The largest absolute Gasteiger partial charge is 0.383 e. The Kier molecular flexibility index (Phi) is 1.74. The van der Waals surface area contributed by atoms with E-state index in [1.54, 1.807) is 14.0 Å². The van der Waals surface area contributed by atoms with Gasteiger partial charge in [-0.3, -0.25) is 0 Å². The molecule has 84 valence electrons. The van der Waals surface area contributed by atoms with E-state index in [0.29, 0.717) is 12.1 Å². The number of oxime groups is 1. The van der Waals surface area contributed by atoms with E-state index in [1.807, 2.05) is 0 Å². The minimum atomic E-state index is -0.953. The molecule has 0 radical (unpaired) electrons. The zero-order valence-electron chi connectivity index (χ0n) is 8.90. The van der Waals surface area contributed by atoms with Crippen molar-refractivity contribution in [3.8, 4) is 0 Å². The van der Waals surface area contributed by atoms with Crippen LogP contribution in [-0.4, -0.2) is 41.5 Å². The van der Waals surface area contributed by atoms with Gasteiger partial charge in [-0.05, 0) is 26.2 Å². The van der Waals surface area contributed by atoms with Gasteiger partial charge < -0.3 is 19.4 Å². The van der Waals surface area contributed by atoms with Gasteiger partial charge in [-0.15, -0.1) is 0 Å². The first kappa shape index (κ1) is 9.57. The number of fused-ring (bicyclic) bond motifs is 1. The van der Waals surface area contributed by atoms with Crippen LogP contribution in [0.4, 0.5) is 0 Å². The number of epoxide rings is 1. The Hall–Kier alpha value is -0.650. The van der Waals surface area contributed by atoms with E-state index < -0.39 is 11.2 Å². The summed E-state index contributed by atoms with van der Waals surface area (Å²) in [5, 5.41) is 14.5. The van der Waals surface area contributed by atoms with Crippen LogP contribution in [0, 0.1) is 0 Å². The van der Waals surface area contributed by atoms with Gasteiger partial charge in [0.15, 0.2) is 18.0 Å². The molecule has 5 heteroatoms. The summed E-state index contributed by atoms with van der Waals surface area (Å²) >= 11 is 0. The van der Waals surface area contributed by atoms with Crippen molar-refractivity contribution in [1.82, 2.24) is 0 Å². The number of hydrogen-bond donors (Lipinski definition) is 1. The second kappa shape index (κ2) is 2.72. The van der Waals surface area contributed by atoms with E-state index in [0.717, 1.165) is 12.8 Å². The Labute approximate surface area is 88.0 Å². The maximum Gasteiger partial charge on any atom is 0.202 e. The molecule has 0 spiro atoms. The van der Waals surface area contributed by atoms with Crippen molar-refractivity contribution in [1.29, 1.82) is 0 Å². The molecule has 4 unspecified atom stereocenters. The monoisotopic (exact) mass is 213 g/mol. The average Bonchev–Trinajstić information content (AvgIpc) is 2.88. The number of hydrogen-bond acceptors (Lipinski definition) is 5. The fourth-order valence-electron chi connectivity index (χ4n) is 2.90. The summed E-state index contributed by atoms with van der Waals surface area (Å²) < 4.78 is 10.5. The summed E-state index contributed by atoms with van der Waals surface area (Å²) in [6.45, 7) is 1.80. The van der Waals surface area contributed by atoms with Crippen molar-refractivity contribution in [2.45, 2.75) is 49.8 Å².